The SMILES string of the molecule is CN1C(=O)C(=O)N(CCCCSC(=N)N)C1=S. The molecule has 0 radical (unpaired) electrons. The molecule has 0 aliphatic carbocycles. The van der Waals surface area contributed by atoms with Crippen LogP contribution in [0.15, 0.2) is 0 Å². The molecule has 1 rings (SSSR count). The van der Waals surface area contributed by atoms with Gasteiger partial charge in [0.1, 0.15) is 0 Å². The summed E-state index contributed by atoms with van der Waals surface area (Å²) in [4.78, 5) is 25.3. The summed E-state index contributed by atoms with van der Waals surface area (Å²) >= 11 is 6.25. The van der Waals surface area contributed by atoms with Gasteiger partial charge in [0.15, 0.2) is 10.3 Å². The predicted octanol–water partition coefficient (Wildman–Crippen LogP) is -0.0212. The second-order valence-corrected chi connectivity index (χ2v) is 5.03. The third-order valence-electron chi connectivity index (χ3n) is 2.28. The molecule has 0 aromatic rings. The molecule has 1 aliphatic heterocycles. The molecule has 6 nitrogen and oxygen atoms in total. The maximum atomic E-state index is 11.5. The monoisotopic (exact) mass is 274 g/mol. The van der Waals surface area contributed by atoms with Crippen LogP contribution in [-0.2, 0) is 9.59 Å². The number of nitrogens with zero attached hydrogens (tertiary/aromatic N) is 2. The van der Waals surface area contributed by atoms with Gasteiger partial charge in [0.05, 0.1) is 0 Å². The zero-order chi connectivity index (χ0) is 13.0. The number of rotatable bonds is 5. The van der Waals surface area contributed by atoms with Crippen molar-refractivity contribution in [2.45, 2.75) is 12.8 Å². The molecule has 0 spiro atoms. The Balaban J connectivity index is 2.33. The second kappa shape index (κ2) is 5.97. The van der Waals surface area contributed by atoms with Gasteiger partial charge >= 0.3 is 11.8 Å². The smallest absolute Gasteiger partial charge is 0.318 e. The number of amides is 2. The van der Waals surface area contributed by atoms with E-state index in [9.17, 15) is 9.59 Å². The van der Waals surface area contributed by atoms with Crippen molar-refractivity contribution >= 4 is 46.1 Å². The predicted molar refractivity (Wildman–Crippen MR) is 70.7 cm³/mol. The Bertz CT molecular complexity index is 372. The molecule has 1 aliphatic rings. The molecule has 1 fully saturated rings. The fraction of sp³-hybridized carbons (Fsp3) is 0.556. The highest BCUT2D eigenvalue weighted by molar-refractivity contribution is 8.13. The quantitative estimate of drug-likeness (QED) is 0.242. The summed E-state index contributed by atoms with van der Waals surface area (Å²) in [6.45, 7) is 0.437. The number of hydrogen-bond donors (Lipinski definition) is 2. The highest BCUT2D eigenvalue weighted by Crippen LogP contribution is 2.12. The molecule has 17 heavy (non-hydrogen) atoms. The number of thioether (sulfide) groups is 1. The molecule has 8 heteroatoms. The van der Waals surface area contributed by atoms with E-state index in [2.05, 4.69) is 0 Å². The summed E-state index contributed by atoms with van der Waals surface area (Å²) in [7, 11) is 1.49. The minimum atomic E-state index is -0.576. The van der Waals surface area contributed by atoms with Gasteiger partial charge in [-0.2, -0.15) is 0 Å². The Labute approximate surface area is 109 Å². The molecular weight excluding hydrogens is 260 g/mol. The molecule has 3 N–H and O–H groups in total. The molecule has 2 amide bonds. The van der Waals surface area contributed by atoms with Gasteiger partial charge in [-0.1, -0.05) is 11.8 Å². The van der Waals surface area contributed by atoms with Crippen LogP contribution in [0.1, 0.15) is 12.8 Å². The second-order valence-electron chi connectivity index (χ2n) is 3.52. The van der Waals surface area contributed by atoms with Crippen molar-refractivity contribution in [2.75, 3.05) is 19.3 Å². The van der Waals surface area contributed by atoms with E-state index in [1.165, 1.54) is 28.6 Å². The van der Waals surface area contributed by atoms with Crippen molar-refractivity contribution in [3.8, 4) is 0 Å². The number of thiocarbonyl (C=S) groups is 1. The molecule has 0 unspecified atom stereocenters. The normalized spacial score (nSPS) is 15.9. The van der Waals surface area contributed by atoms with Gasteiger partial charge in [0.25, 0.3) is 0 Å². The average Bonchev–Trinajstić information content (AvgIpc) is 2.45. The lowest BCUT2D eigenvalue weighted by atomic mass is 10.3. The summed E-state index contributed by atoms with van der Waals surface area (Å²) in [5, 5.41) is 7.37. The Kier molecular flexibility index (Phi) is 4.88. The van der Waals surface area contributed by atoms with Gasteiger partial charge in [-0.3, -0.25) is 24.8 Å². The van der Waals surface area contributed by atoms with Gasteiger partial charge in [-0.25, -0.2) is 0 Å². The lowest BCUT2D eigenvalue weighted by Gasteiger charge is -2.15. The number of carbonyl (C=O) groups excluding carboxylic acids is 2. The van der Waals surface area contributed by atoms with E-state index >= 15 is 0 Å². The zero-order valence-electron chi connectivity index (χ0n) is 9.43. The highest BCUT2D eigenvalue weighted by Gasteiger charge is 2.38. The van der Waals surface area contributed by atoms with Crippen LogP contribution < -0.4 is 5.73 Å². The summed E-state index contributed by atoms with van der Waals surface area (Å²) in [6.07, 6.45) is 1.54. The molecule has 94 valence electrons. The first-order valence-electron chi connectivity index (χ1n) is 5.05. The van der Waals surface area contributed by atoms with Gasteiger partial charge in [-0.05, 0) is 25.1 Å². The van der Waals surface area contributed by atoms with Crippen LogP contribution in [0.5, 0.6) is 0 Å². The Morgan fingerprint density at radius 2 is 2.06 bits per heavy atom. The van der Waals surface area contributed by atoms with Crippen molar-refractivity contribution in [2.24, 2.45) is 5.73 Å². The van der Waals surface area contributed by atoms with E-state index in [0.717, 1.165) is 18.6 Å². The summed E-state index contributed by atoms with van der Waals surface area (Å²) in [6, 6.07) is 0. The maximum Gasteiger partial charge on any atom is 0.318 e. The highest BCUT2D eigenvalue weighted by atomic mass is 32.2. The molecule has 1 saturated heterocycles. The third-order valence-corrected chi connectivity index (χ3v) is 3.58. The van der Waals surface area contributed by atoms with Crippen LogP contribution in [0.25, 0.3) is 0 Å². The van der Waals surface area contributed by atoms with Gasteiger partial charge in [0, 0.05) is 19.3 Å². The Morgan fingerprint density at radius 3 is 2.53 bits per heavy atom. The standard InChI is InChI=1S/C9H14N4O2S2/c1-12-6(14)7(15)13(9(12)16)4-2-3-5-17-8(10)11/h2-5H2,1H3,(H3,10,11). The first kappa shape index (κ1) is 13.9. The minimum absolute atomic E-state index is 0.0904. The van der Waals surface area contributed by atoms with Crippen molar-refractivity contribution in [1.82, 2.24) is 9.80 Å². The van der Waals surface area contributed by atoms with E-state index in [1.807, 2.05) is 0 Å². The van der Waals surface area contributed by atoms with Crippen LogP contribution in [0.4, 0.5) is 0 Å². The third kappa shape index (κ3) is 3.40. The number of nitrogens with one attached hydrogen (secondary N) is 1. The summed E-state index contributed by atoms with van der Waals surface area (Å²) in [5.41, 5.74) is 5.19. The first-order chi connectivity index (χ1) is 7.95. The van der Waals surface area contributed by atoms with Crippen molar-refractivity contribution in [3.63, 3.8) is 0 Å². The molecular formula is C9H14N4O2S2. The van der Waals surface area contributed by atoms with Crippen LogP contribution in [0, 0.1) is 5.41 Å². The lowest BCUT2D eigenvalue weighted by molar-refractivity contribution is -0.142. The molecule has 0 bridgehead atoms. The molecule has 1 heterocycles. The molecule has 0 atom stereocenters. The van der Waals surface area contributed by atoms with Crippen molar-refractivity contribution < 1.29 is 9.59 Å². The largest absolute Gasteiger partial charge is 0.379 e. The number of carbonyl (C=O) groups is 2. The summed E-state index contributed by atoms with van der Waals surface area (Å²) in [5.74, 6) is -0.404. The van der Waals surface area contributed by atoms with E-state index < -0.39 is 11.8 Å². The van der Waals surface area contributed by atoms with Crippen LogP contribution in [0.3, 0.4) is 0 Å². The number of hydrogen-bond acceptors (Lipinski definition) is 5. The fourth-order valence-corrected chi connectivity index (χ4v) is 2.19. The topological polar surface area (TPSA) is 90.5 Å². The van der Waals surface area contributed by atoms with Crippen LogP contribution >= 0.6 is 24.0 Å². The number of likely N-dealkylation sites (N-methyl/N-ethyl adjacent to an activating group) is 1. The zero-order valence-corrected chi connectivity index (χ0v) is 11.1. The Hall–Kier alpha value is -1.15. The molecule has 0 aromatic carbocycles. The van der Waals surface area contributed by atoms with E-state index in [1.54, 1.807) is 0 Å². The number of unbranched alkanes of at least 4 members (excludes halogenated alkanes) is 1. The van der Waals surface area contributed by atoms with Crippen molar-refractivity contribution in [3.05, 3.63) is 0 Å². The average molecular weight is 274 g/mol. The van der Waals surface area contributed by atoms with Crippen molar-refractivity contribution in [1.29, 1.82) is 5.41 Å². The number of amidine groups is 1. The van der Waals surface area contributed by atoms with Crippen LogP contribution in [0.2, 0.25) is 0 Å². The lowest BCUT2D eigenvalue weighted by Crippen LogP contribution is -2.32. The van der Waals surface area contributed by atoms with Gasteiger partial charge in [0.2, 0.25) is 0 Å². The Morgan fingerprint density at radius 1 is 1.41 bits per heavy atom. The van der Waals surface area contributed by atoms with E-state index in [0.29, 0.717) is 6.54 Å². The van der Waals surface area contributed by atoms with Crippen LogP contribution in [-0.4, -0.2) is 51.2 Å². The summed E-state index contributed by atoms with van der Waals surface area (Å²) < 4.78 is 0. The first-order valence-corrected chi connectivity index (χ1v) is 6.45. The maximum absolute atomic E-state index is 11.5. The van der Waals surface area contributed by atoms with E-state index in [-0.39, 0.29) is 10.3 Å². The number of nitrogens with two attached hydrogens (primary N) is 1. The molecule has 0 aromatic heterocycles. The van der Waals surface area contributed by atoms with Gasteiger partial charge < -0.3 is 5.73 Å². The fourth-order valence-electron chi connectivity index (χ4n) is 1.37. The van der Waals surface area contributed by atoms with Gasteiger partial charge in [-0.15, -0.1) is 0 Å². The van der Waals surface area contributed by atoms with E-state index in [4.69, 9.17) is 23.4 Å². The molecule has 0 saturated carbocycles. The minimum Gasteiger partial charge on any atom is -0.379 e.